The van der Waals surface area contributed by atoms with Crippen LogP contribution < -0.4 is 9.47 Å². The minimum absolute atomic E-state index is 0.600. The molecule has 0 N–H and O–H groups in total. The molecule has 2 nitrogen and oxygen atoms in total. The lowest BCUT2D eigenvalue weighted by atomic mass is 10.2. The van der Waals surface area contributed by atoms with Gasteiger partial charge in [-0.3, -0.25) is 0 Å². The van der Waals surface area contributed by atoms with Crippen molar-refractivity contribution in [3.05, 3.63) is 53.1 Å². The smallest absolute Gasteiger partial charge is 0.150 e. The standard InChI is InChI=1S/C14H12BrClO2/c1-17-11-5-7-12(8-6-11)18-14-10(9-15)3-2-4-13(14)16/h2-8H,9H2,1H3. The second-order valence-corrected chi connectivity index (χ2v) is 4.61. The molecule has 0 unspecified atom stereocenters. The lowest BCUT2D eigenvalue weighted by Crippen LogP contribution is -1.91. The number of ether oxygens (including phenoxy) is 2. The molecule has 0 spiro atoms. The Balaban J connectivity index is 2.27. The molecule has 2 rings (SSSR count). The number of halogens is 2. The molecular weight excluding hydrogens is 316 g/mol. The molecular formula is C14H12BrClO2. The van der Waals surface area contributed by atoms with E-state index in [1.54, 1.807) is 7.11 Å². The van der Waals surface area contributed by atoms with Gasteiger partial charge in [-0.15, -0.1) is 0 Å². The zero-order valence-electron chi connectivity index (χ0n) is 9.82. The van der Waals surface area contributed by atoms with E-state index in [0.29, 0.717) is 16.1 Å². The highest BCUT2D eigenvalue weighted by atomic mass is 79.9. The highest BCUT2D eigenvalue weighted by molar-refractivity contribution is 9.08. The van der Waals surface area contributed by atoms with Gasteiger partial charge < -0.3 is 9.47 Å². The molecule has 4 heteroatoms. The number of methoxy groups -OCH3 is 1. The fourth-order valence-corrected chi connectivity index (χ4v) is 2.21. The predicted octanol–water partition coefficient (Wildman–Crippen LogP) is 5.04. The van der Waals surface area contributed by atoms with E-state index in [1.807, 2.05) is 42.5 Å². The molecule has 0 aromatic heterocycles. The van der Waals surface area contributed by atoms with Crippen molar-refractivity contribution in [2.45, 2.75) is 5.33 Å². The van der Waals surface area contributed by atoms with E-state index in [9.17, 15) is 0 Å². The summed E-state index contributed by atoms with van der Waals surface area (Å²) < 4.78 is 10.9. The summed E-state index contributed by atoms with van der Waals surface area (Å²) in [6, 6.07) is 13.1. The Morgan fingerprint density at radius 2 is 1.72 bits per heavy atom. The molecule has 0 amide bonds. The fourth-order valence-electron chi connectivity index (χ4n) is 1.53. The van der Waals surface area contributed by atoms with Gasteiger partial charge in [-0.2, -0.15) is 0 Å². The molecule has 0 aliphatic carbocycles. The molecule has 0 saturated carbocycles. The maximum absolute atomic E-state index is 6.15. The normalized spacial score (nSPS) is 10.2. The maximum atomic E-state index is 6.15. The summed E-state index contributed by atoms with van der Waals surface area (Å²) in [4.78, 5) is 0. The van der Waals surface area contributed by atoms with Gasteiger partial charge in [-0.25, -0.2) is 0 Å². The van der Waals surface area contributed by atoms with Crippen LogP contribution in [0.3, 0.4) is 0 Å². The summed E-state index contributed by atoms with van der Waals surface area (Å²) in [5.74, 6) is 2.20. The lowest BCUT2D eigenvalue weighted by molar-refractivity contribution is 0.412. The maximum Gasteiger partial charge on any atom is 0.150 e. The molecule has 2 aromatic rings. The van der Waals surface area contributed by atoms with E-state index in [1.165, 1.54) is 0 Å². The second-order valence-electron chi connectivity index (χ2n) is 3.64. The average Bonchev–Trinajstić information content (AvgIpc) is 2.42. The zero-order valence-corrected chi connectivity index (χ0v) is 12.2. The van der Waals surface area contributed by atoms with Crippen LogP contribution in [0.2, 0.25) is 5.02 Å². The quantitative estimate of drug-likeness (QED) is 0.733. The van der Waals surface area contributed by atoms with Crippen LogP contribution in [0.25, 0.3) is 0 Å². The SMILES string of the molecule is COc1ccc(Oc2c(Cl)cccc2CBr)cc1. The van der Waals surface area contributed by atoms with Crippen LogP contribution in [-0.2, 0) is 5.33 Å². The first-order valence-electron chi connectivity index (χ1n) is 5.40. The molecule has 0 aliphatic heterocycles. The largest absolute Gasteiger partial charge is 0.497 e. The van der Waals surface area contributed by atoms with E-state index in [-0.39, 0.29) is 0 Å². The van der Waals surface area contributed by atoms with Crippen LogP contribution in [0.5, 0.6) is 17.2 Å². The Labute approximate surface area is 120 Å². The van der Waals surface area contributed by atoms with Gasteiger partial charge in [0.15, 0.2) is 0 Å². The highest BCUT2D eigenvalue weighted by Crippen LogP contribution is 2.34. The summed E-state index contributed by atoms with van der Waals surface area (Å²) in [6.07, 6.45) is 0. The first-order chi connectivity index (χ1) is 8.74. The molecule has 0 radical (unpaired) electrons. The third kappa shape index (κ3) is 2.98. The van der Waals surface area contributed by atoms with Gasteiger partial charge in [0.2, 0.25) is 0 Å². The Morgan fingerprint density at radius 1 is 1.06 bits per heavy atom. The van der Waals surface area contributed by atoms with Crippen molar-refractivity contribution < 1.29 is 9.47 Å². The van der Waals surface area contributed by atoms with Gasteiger partial charge in [-0.05, 0) is 30.3 Å². The molecule has 0 heterocycles. The van der Waals surface area contributed by atoms with Gasteiger partial charge in [-0.1, -0.05) is 39.7 Å². The fraction of sp³-hybridized carbons (Fsp3) is 0.143. The second kappa shape index (κ2) is 6.12. The number of benzene rings is 2. The van der Waals surface area contributed by atoms with E-state index in [0.717, 1.165) is 17.1 Å². The van der Waals surface area contributed by atoms with Crippen LogP contribution in [0.1, 0.15) is 5.56 Å². The van der Waals surface area contributed by atoms with Crippen LogP contribution >= 0.6 is 27.5 Å². The molecule has 94 valence electrons. The summed E-state index contributed by atoms with van der Waals surface area (Å²) >= 11 is 9.57. The first kappa shape index (κ1) is 13.2. The first-order valence-corrected chi connectivity index (χ1v) is 6.90. The molecule has 0 atom stereocenters. The van der Waals surface area contributed by atoms with E-state index < -0.39 is 0 Å². The van der Waals surface area contributed by atoms with Gasteiger partial charge in [0, 0.05) is 10.9 Å². The van der Waals surface area contributed by atoms with Crippen molar-refractivity contribution in [2.75, 3.05) is 7.11 Å². The Kier molecular flexibility index (Phi) is 4.50. The summed E-state index contributed by atoms with van der Waals surface area (Å²) in [6.45, 7) is 0. The molecule has 18 heavy (non-hydrogen) atoms. The average molecular weight is 328 g/mol. The zero-order chi connectivity index (χ0) is 13.0. The minimum Gasteiger partial charge on any atom is -0.497 e. The highest BCUT2D eigenvalue weighted by Gasteiger charge is 2.08. The number of alkyl halides is 1. The summed E-state index contributed by atoms with van der Waals surface area (Å²) in [7, 11) is 1.63. The summed E-state index contributed by atoms with van der Waals surface area (Å²) in [5.41, 5.74) is 1.01. The molecule has 0 bridgehead atoms. The number of hydrogen-bond donors (Lipinski definition) is 0. The Hall–Kier alpha value is -1.19. The van der Waals surface area contributed by atoms with Crippen molar-refractivity contribution in [1.29, 1.82) is 0 Å². The van der Waals surface area contributed by atoms with Gasteiger partial charge in [0.25, 0.3) is 0 Å². The number of hydrogen-bond acceptors (Lipinski definition) is 2. The number of rotatable bonds is 4. The van der Waals surface area contributed by atoms with Crippen molar-refractivity contribution in [1.82, 2.24) is 0 Å². The Morgan fingerprint density at radius 3 is 2.33 bits per heavy atom. The van der Waals surface area contributed by atoms with E-state index in [4.69, 9.17) is 21.1 Å². The molecule has 2 aromatic carbocycles. The van der Waals surface area contributed by atoms with Crippen LogP contribution in [0.15, 0.2) is 42.5 Å². The van der Waals surface area contributed by atoms with Crippen molar-refractivity contribution >= 4 is 27.5 Å². The Bertz CT molecular complexity index is 526. The van der Waals surface area contributed by atoms with Gasteiger partial charge in [0.05, 0.1) is 12.1 Å². The monoisotopic (exact) mass is 326 g/mol. The molecule has 0 saturated heterocycles. The third-order valence-corrected chi connectivity index (χ3v) is 3.37. The number of para-hydroxylation sites is 1. The third-order valence-electron chi connectivity index (χ3n) is 2.47. The van der Waals surface area contributed by atoms with Crippen LogP contribution in [0.4, 0.5) is 0 Å². The van der Waals surface area contributed by atoms with Gasteiger partial charge in [0.1, 0.15) is 17.2 Å². The van der Waals surface area contributed by atoms with Crippen LogP contribution in [0, 0.1) is 0 Å². The molecule has 0 fully saturated rings. The lowest BCUT2D eigenvalue weighted by Gasteiger charge is -2.11. The van der Waals surface area contributed by atoms with E-state index in [2.05, 4.69) is 15.9 Å². The van der Waals surface area contributed by atoms with Gasteiger partial charge >= 0.3 is 0 Å². The summed E-state index contributed by atoms with van der Waals surface area (Å²) in [5, 5.41) is 1.29. The van der Waals surface area contributed by atoms with E-state index >= 15 is 0 Å². The van der Waals surface area contributed by atoms with Crippen LogP contribution in [-0.4, -0.2) is 7.11 Å². The minimum atomic E-state index is 0.600. The van der Waals surface area contributed by atoms with Crippen molar-refractivity contribution in [3.63, 3.8) is 0 Å². The predicted molar refractivity (Wildman–Crippen MR) is 77.2 cm³/mol. The topological polar surface area (TPSA) is 18.5 Å². The van der Waals surface area contributed by atoms with Crippen molar-refractivity contribution in [2.24, 2.45) is 0 Å². The molecule has 0 aliphatic rings. The van der Waals surface area contributed by atoms with Crippen molar-refractivity contribution in [3.8, 4) is 17.2 Å².